The summed E-state index contributed by atoms with van der Waals surface area (Å²) in [6, 6.07) is 0. The normalized spacial score (nSPS) is 14.6. The van der Waals surface area contributed by atoms with Crippen LogP contribution < -0.4 is 0 Å². The van der Waals surface area contributed by atoms with Crippen molar-refractivity contribution >= 4 is 21.7 Å². The van der Waals surface area contributed by atoms with Gasteiger partial charge in [-0.15, -0.1) is 11.6 Å². The van der Waals surface area contributed by atoms with Crippen LogP contribution >= 0.6 is 11.6 Å². The third kappa shape index (κ3) is 24.9. The highest BCUT2D eigenvalue weighted by molar-refractivity contribution is 7.86. The van der Waals surface area contributed by atoms with Gasteiger partial charge in [-0.1, -0.05) is 143 Å². The fourth-order valence-electron chi connectivity index (χ4n) is 5.05. The van der Waals surface area contributed by atoms with Crippen molar-refractivity contribution in [3.05, 3.63) is 0 Å². The molecule has 0 saturated carbocycles. The van der Waals surface area contributed by atoms with E-state index in [-0.39, 0.29) is 6.10 Å². The highest BCUT2D eigenvalue weighted by Crippen LogP contribution is 2.21. The van der Waals surface area contributed by atoms with Crippen molar-refractivity contribution in [2.45, 2.75) is 198 Å². The Bertz CT molecular complexity index is 570. The summed E-state index contributed by atoms with van der Waals surface area (Å²) >= 11 is 6.52. The molecule has 0 fully saturated rings. The molecule has 0 spiro atoms. The lowest BCUT2D eigenvalue weighted by molar-refractivity contribution is 0.0126. The predicted octanol–water partition coefficient (Wildman–Crippen LogP) is 11.0. The first kappa shape index (κ1) is 37.2. The number of unbranched alkanes of at least 4 members (excludes halogenated alkanes) is 17. The molecule has 0 aromatic heterocycles. The Morgan fingerprint density at radius 2 is 0.919 bits per heavy atom. The van der Waals surface area contributed by atoms with Crippen LogP contribution in [0, 0.1) is 0 Å². The molecule has 0 heterocycles. The van der Waals surface area contributed by atoms with Crippen molar-refractivity contribution in [1.82, 2.24) is 0 Å². The molecule has 0 amide bonds. The van der Waals surface area contributed by atoms with Crippen molar-refractivity contribution in [3.63, 3.8) is 0 Å². The lowest BCUT2D eigenvalue weighted by atomic mass is 10.0. The standard InChI is InChI=1S/C31H63ClO4S/c1-4-7-9-11-13-15-20-24-28-31(37(33,34)35)36-30(6-3)27-23-19-16-18-22-26-29(32)25-21-17-14-12-10-8-5-2/h29-31H,4-28H2,1-3H3,(H,33,34,35). The molecule has 0 aliphatic rings. The van der Waals surface area contributed by atoms with Gasteiger partial charge in [-0.25, -0.2) is 0 Å². The smallest absolute Gasteiger partial charge is 0.292 e. The summed E-state index contributed by atoms with van der Waals surface area (Å²) in [6.07, 6.45) is 28.6. The summed E-state index contributed by atoms with van der Waals surface area (Å²) in [7, 11) is -4.17. The van der Waals surface area contributed by atoms with Crippen LogP contribution in [0.5, 0.6) is 0 Å². The Morgan fingerprint density at radius 3 is 1.30 bits per heavy atom. The Morgan fingerprint density at radius 1 is 0.568 bits per heavy atom. The second kappa shape index (κ2) is 26.4. The van der Waals surface area contributed by atoms with Gasteiger partial charge in [0.15, 0.2) is 5.44 Å². The molecule has 0 aromatic rings. The van der Waals surface area contributed by atoms with E-state index in [4.69, 9.17) is 16.3 Å². The van der Waals surface area contributed by atoms with Crippen molar-refractivity contribution in [2.75, 3.05) is 0 Å². The molecule has 0 aromatic carbocycles. The number of hydrogen-bond donors (Lipinski definition) is 1. The molecule has 3 unspecified atom stereocenters. The molecule has 0 aliphatic carbocycles. The lowest BCUT2D eigenvalue weighted by Gasteiger charge is -2.22. The van der Waals surface area contributed by atoms with Crippen LogP contribution in [-0.4, -0.2) is 29.9 Å². The van der Waals surface area contributed by atoms with E-state index in [1.54, 1.807) is 0 Å². The van der Waals surface area contributed by atoms with Gasteiger partial charge in [0.1, 0.15) is 0 Å². The lowest BCUT2D eigenvalue weighted by Crippen LogP contribution is -2.29. The zero-order valence-corrected chi connectivity index (χ0v) is 26.4. The third-order valence-electron chi connectivity index (χ3n) is 7.59. The predicted molar refractivity (Wildman–Crippen MR) is 162 cm³/mol. The minimum absolute atomic E-state index is 0.102. The van der Waals surface area contributed by atoms with Crippen molar-refractivity contribution < 1.29 is 17.7 Å². The van der Waals surface area contributed by atoms with Crippen LogP contribution in [-0.2, 0) is 14.9 Å². The average molecular weight is 567 g/mol. The molecule has 6 heteroatoms. The van der Waals surface area contributed by atoms with Gasteiger partial charge in [-0.3, -0.25) is 4.55 Å². The summed E-state index contributed by atoms with van der Waals surface area (Å²) in [4.78, 5) is 0. The summed E-state index contributed by atoms with van der Waals surface area (Å²) in [5, 5.41) is 0.326. The van der Waals surface area contributed by atoms with E-state index in [2.05, 4.69) is 13.8 Å². The molecule has 0 saturated heterocycles. The van der Waals surface area contributed by atoms with Crippen LogP contribution in [0.15, 0.2) is 0 Å². The second-order valence-electron chi connectivity index (χ2n) is 11.2. The van der Waals surface area contributed by atoms with Crippen LogP contribution in [0.2, 0.25) is 0 Å². The monoisotopic (exact) mass is 566 g/mol. The molecule has 37 heavy (non-hydrogen) atoms. The molecule has 0 rings (SSSR count). The summed E-state index contributed by atoms with van der Waals surface area (Å²) in [6.45, 7) is 6.51. The minimum Gasteiger partial charge on any atom is -0.357 e. The van der Waals surface area contributed by atoms with Crippen LogP contribution in [0.3, 0.4) is 0 Å². The maximum Gasteiger partial charge on any atom is 0.292 e. The maximum atomic E-state index is 11.9. The van der Waals surface area contributed by atoms with Crippen molar-refractivity contribution in [3.8, 4) is 0 Å². The summed E-state index contributed by atoms with van der Waals surface area (Å²) < 4.78 is 39.3. The molecule has 3 atom stereocenters. The van der Waals surface area contributed by atoms with Gasteiger partial charge in [-0.05, 0) is 38.5 Å². The first-order valence-electron chi connectivity index (χ1n) is 16.1. The highest BCUT2D eigenvalue weighted by atomic mass is 35.5. The van der Waals surface area contributed by atoms with Gasteiger partial charge < -0.3 is 4.74 Å². The van der Waals surface area contributed by atoms with Crippen LogP contribution in [0.25, 0.3) is 0 Å². The fourth-order valence-corrected chi connectivity index (χ4v) is 6.12. The van der Waals surface area contributed by atoms with Crippen LogP contribution in [0.4, 0.5) is 0 Å². The van der Waals surface area contributed by atoms with Gasteiger partial charge in [0.05, 0.1) is 6.10 Å². The van der Waals surface area contributed by atoms with Gasteiger partial charge in [-0.2, -0.15) is 8.42 Å². The Hall–Kier alpha value is 0.160. The number of rotatable bonds is 29. The Labute approximate surface area is 237 Å². The minimum atomic E-state index is -4.17. The molecular formula is C31H63ClO4S. The highest BCUT2D eigenvalue weighted by Gasteiger charge is 2.26. The molecular weight excluding hydrogens is 504 g/mol. The maximum absolute atomic E-state index is 11.9. The average Bonchev–Trinajstić information content (AvgIpc) is 2.86. The first-order chi connectivity index (χ1) is 17.8. The van der Waals surface area contributed by atoms with E-state index in [0.29, 0.717) is 11.8 Å². The van der Waals surface area contributed by atoms with E-state index in [0.717, 1.165) is 57.8 Å². The van der Waals surface area contributed by atoms with Crippen molar-refractivity contribution in [2.24, 2.45) is 0 Å². The van der Waals surface area contributed by atoms with E-state index in [1.165, 1.54) is 96.3 Å². The SMILES string of the molecule is CCCCCCCCCCC(OC(CC)CCCCCCCC(Cl)CCCCCCCCC)S(=O)(=O)O. The fraction of sp³-hybridized carbons (Fsp3) is 1.00. The number of alkyl halides is 1. The first-order valence-corrected chi connectivity index (χ1v) is 18.0. The second-order valence-corrected chi connectivity index (χ2v) is 13.4. The van der Waals surface area contributed by atoms with Gasteiger partial charge in [0.2, 0.25) is 0 Å². The van der Waals surface area contributed by atoms with E-state index in [9.17, 15) is 13.0 Å². The number of hydrogen-bond acceptors (Lipinski definition) is 3. The third-order valence-corrected chi connectivity index (χ3v) is 9.04. The van der Waals surface area contributed by atoms with E-state index >= 15 is 0 Å². The van der Waals surface area contributed by atoms with Crippen LogP contribution in [0.1, 0.15) is 181 Å². The summed E-state index contributed by atoms with van der Waals surface area (Å²) in [5.41, 5.74) is -1.07. The molecule has 4 nitrogen and oxygen atoms in total. The van der Waals surface area contributed by atoms with Crippen molar-refractivity contribution in [1.29, 1.82) is 0 Å². The topological polar surface area (TPSA) is 63.6 Å². The molecule has 0 bridgehead atoms. The van der Waals surface area contributed by atoms with Gasteiger partial charge >= 0.3 is 0 Å². The molecule has 224 valence electrons. The molecule has 0 radical (unpaired) electrons. The number of halogens is 1. The molecule has 1 N–H and O–H groups in total. The quantitative estimate of drug-likeness (QED) is 0.0555. The van der Waals surface area contributed by atoms with Gasteiger partial charge in [0, 0.05) is 5.38 Å². The Kier molecular flexibility index (Phi) is 26.5. The zero-order chi connectivity index (χ0) is 27.6. The number of ether oxygens (including phenoxy) is 1. The summed E-state index contributed by atoms with van der Waals surface area (Å²) in [5.74, 6) is 0. The largest absolute Gasteiger partial charge is 0.357 e. The van der Waals surface area contributed by atoms with Gasteiger partial charge in [0.25, 0.3) is 10.1 Å². The molecule has 0 aliphatic heterocycles. The van der Waals surface area contributed by atoms with E-state index < -0.39 is 15.6 Å². The van der Waals surface area contributed by atoms with E-state index in [1.807, 2.05) is 6.92 Å². The zero-order valence-electron chi connectivity index (χ0n) is 24.9. The Balaban J connectivity index is 3.90.